The Kier molecular flexibility index (Phi) is 3.39. The molecule has 0 atom stereocenters. The molecule has 19 heavy (non-hydrogen) atoms. The predicted octanol–water partition coefficient (Wildman–Crippen LogP) is 2.63. The molecule has 0 unspecified atom stereocenters. The number of pyridine rings is 1. The maximum atomic E-state index is 11.0. The Morgan fingerprint density at radius 3 is 2.58 bits per heavy atom. The van der Waals surface area contributed by atoms with Crippen molar-refractivity contribution >= 4 is 17.1 Å². The molecule has 0 aliphatic rings. The van der Waals surface area contributed by atoms with E-state index in [1.165, 1.54) is 12.4 Å². The average molecular weight is 254 g/mol. The minimum absolute atomic E-state index is 0.0608. The highest BCUT2D eigenvalue weighted by molar-refractivity contribution is 5.70. The molecule has 94 valence electrons. The molecule has 1 aromatic heterocycles. The number of nitro groups is 1. The number of anilines is 2. The van der Waals surface area contributed by atoms with Crippen LogP contribution in [0.15, 0.2) is 42.7 Å². The molecule has 6 heteroatoms. The van der Waals surface area contributed by atoms with Crippen LogP contribution in [0, 0.1) is 21.4 Å². The van der Waals surface area contributed by atoms with Crippen LogP contribution in [-0.2, 0) is 0 Å². The quantitative estimate of drug-likeness (QED) is 0.621. The number of nitrogens with zero attached hydrogens (tertiary/aromatic N) is 4. The van der Waals surface area contributed by atoms with Crippen molar-refractivity contribution in [1.82, 2.24) is 4.98 Å². The lowest BCUT2D eigenvalue weighted by Gasteiger charge is -2.18. The molecule has 2 aromatic rings. The van der Waals surface area contributed by atoms with Gasteiger partial charge in [0, 0.05) is 18.9 Å². The Bertz CT molecular complexity index is 646. The van der Waals surface area contributed by atoms with E-state index < -0.39 is 4.92 Å². The van der Waals surface area contributed by atoms with Crippen molar-refractivity contribution in [1.29, 1.82) is 5.26 Å². The highest BCUT2D eigenvalue weighted by atomic mass is 16.6. The Balaban J connectivity index is 2.41. The first-order chi connectivity index (χ1) is 9.13. The van der Waals surface area contributed by atoms with Crippen molar-refractivity contribution in [2.45, 2.75) is 0 Å². The largest absolute Gasteiger partial charge is 0.339 e. The first-order valence-electron chi connectivity index (χ1n) is 5.46. The molecule has 0 saturated carbocycles. The van der Waals surface area contributed by atoms with Crippen molar-refractivity contribution in [2.24, 2.45) is 0 Å². The lowest BCUT2D eigenvalue weighted by atomic mass is 10.2. The Labute approximate surface area is 109 Å². The predicted molar refractivity (Wildman–Crippen MR) is 70.1 cm³/mol. The second kappa shape index (κ2) is 5.14. The molecule has 1 heterocycles. The molecule has 2 rings (SSSR count). The number of nitriles is 1. The summed E-state index contributed by atoms with van der Waals surface area (Å²) < 4.78 is 0. The van der Waals surface area contributed by atoms with Gasteiger partial charge in [-0.2, -0.15) is 5.26 Å². The number of rotatable bonds is 3. The highest BCUT2D eigenvalue weighted by Crippen LogP contribution is 2.31. The van der Waals surface area contributed by atoms with Crippen molar-refractivity contribution in [3.8, 4) is 6.07 Å². The maximum absolute atomic E-state index is 11.0. The molecule has 0 saturated heterocycles. The lowest BCUT2D eigenvalue weighted by Crippen LogP contribution is -2.11. The maximum Gasteiger partial charge on any atom is 0.310 e. The molecule has 1 aromatic carbocycles. The zero-order valence-corrected chi connectivity index (χ0v) is 10.1. The summed E-state index contributed by atoms with van der Waals surface area (Å²) in [5, 5.41) is 19.7. The minimum Gasteiger partial charge on any atom is -0.339 e. The van der Waals surface area contributed by atoms with Gasteiger partial charge in [-0.3, -0.25) is 15.1 Å². The third-order valence-corrected chi connectivity index (χ3v) is 2.72. The molecule has 0 spiro atoms. The molecule has 6 nitrogen and oxygen atoms in total. The van der Waals surface area contributed by atoms with Gasteiger partial charge >= 0.3 is 5.69 Å². The fourth-order valence-corrected chi connectivity index (χ4v) is 1.70. The average Bonchev–Trinajstić information content (AvgIpc) is 2.46. The Morgan fingerprint density at radius 1 is 1.32 bits per heavy atom. The van der Waals surface area contributed by atoms with Gasteiger partial charge in [0.05, 0.1) is 16.6 Å². The minimum atomic E-state index is -0.470. The zero-order chi connectivity index (χ0) is 13.8. The molecule has 0 radical (unpaired) electrons. The monoisotopic (exact) mass is 254 g/mol. The van der Waals surface area contributed by atoms with E-state index in [-0.39, 0.29) is 5.69 Å². The molecule has 0 bridgehead atoms. The first kappa shape index (κ1) is 12.5. The third-order valence-electron chi connectivity index (χ3n) is 2.72. The van der Waals surface area contributed by atoms with Gasteiger partial charge in [0.2, 0.25) is 0 Å². The van der Waals surface area contributed by atoms with Gasteiger partial charge in [-0.05, 0) is 30.3 Å². The van der Waals surface area contributed by atoms with E-state index in [2.05, 4.69) is 4.98 Å². The van der Waals surface area contributed by atoms with Crippen LogP contribution < -0.4 is 4.90 Å². The topological polar surface area (TPSA) is 83.1 Å². The molecular weight excluding hydrogens is 244 g/mol. The normalized spacial score (nSPS) is 9.68. The summed E-state index contributed by atoms with van der Waals surface area (Å²) in [7, 11) is 1.73. The summed E-state index contributed by atoms with van der Waals surface area (Å²) in [6.45, 7) is 0. The smallest absolute Gasteiger partial charge is 0.310 e. The van der Waals surface area contributed by atoms with Gasteiger partial charge in [-0.25, -0.2) is 0 Å². The van der Waals surface area contributed by atoms with E-state index in [9.17, 15) is 10.1 Å². The third kappa shape index (κ3) is 2.50. The van der Waals surface area contributed by atoms with Crippen LogP contribution in [0.3, 0.4) is 0 Å². The fourth-order valence-electron chi connectivity index (χ4n) is 1.70. The fraction of sp³-hybridized carbons (Fsp3) is 0.0769. The SMILES string of the molecule is CN(c1ccc(C#N)cc1)c1ccncc1[N+](=O)[O-]. The van der Waals surface area contributed by atoms with Gasteiger partial charge in [-0.1, -0.05) is 0 Å². The summed E-state index contributed by atoms with van der Waals surface area (Å²) >= 11 is 0. The molecule has 0 fully saturated rings. The summed E-state index contributed by atoms with van der Waals surface area (Å²) in [4.78, 5) is 15.9. The van der Waals surface area contributed by atoms with Gasteiger partial charge in [0.15, 0.2) is 0 Å². The summed E-state index contributed by atoms with van der Waals surface area (Å²) in [6, 6.07) is 10.4. The van der Waals surface area contributed by atoms with Crippen LogP contribution in [0.5, 0.6) is 0 Å². The van der Waals surface area contributed by atoms with Crippen LogP contribution in [0.4, 0.5) is 17.1 Å². The molecule has 0 N–H and O–H groups in total. The van der Waals surface area contributed by atoms with Crippen LogP contribution in [-0.4, -0.2) is 17.0 Å². The molecule has 0 aliphatic carbocycles. The Morgan fingerprint density at radius 2 is 2.00 bits per heavy atom. The van der Waals surface area contributed by atoms with Gasteiger partial charge < -0.3 is 4.90 Å². The van der Waals surface area contributed by atoms with Gasteiger partial charge in [0.25, 0.3) is 0 Å². The zero-order valence-electron chi connectivity index (χ0n) is 10.1. The van der Waals surface area contributed by atoms with E-state index in [4.69, 9.17) is 5.26 Å². The summed E-state index contributed by atoms with van der Waals surface area (Å²) in [5.41, 5.74) is 1.69. The molecule has 0 aliphatic heterocycles. The second-order valence-electron chi connectivity index (χ2n) is 3.84. The van der Waals surface area contributed by atoms with Crippen molar-refractivity contribution in [3.63, 3.8) is 0 Å². The summed E-state index contributed by atoms with van der Waals surface area (Å²) in [6.07, 6.45) is 2.72. The second-order valence-corrected chi connectivity index (χ2v) is 3.84. The Hall–Kier alpha value is -2.94. The number of benzene rings is 1. The van der Waals surface area contributed by atoms with E-state index in [0.717, 1.165) is 5.69 Å². The molecule has 0 amide bonds. The standard InChI is InChI=1S/C13H10N4O2/c1-16(11-4-2-10(8-14)3-5-11)12-6-7-15-9-13(12)17(18)19/h2-7,9H,1H3. The van der Waals surface area contributed by atoms with Gasteiger partial charge in [0.1, 0.15) is 11.9 Å². The van der Waals surface area contributed by atoms with E-state index >= 15 is 0 Å². The van der Waals surface area contributed by atoms with Crippen LogP contribution in [0.25, 0.3) is 0 Å². The van der Waals surface area contributed by atoms with Crippen LogP contribution in [0.2, 0.25) is 0 Å². The lowest BCUT2D eigenvalue weighted by molar-refractivity contribution is -0.384. The van der Waals surface area contributed by atoms with Crippen LogP contribution in [0.1, 0.15) is 5.56 Å². The van der Waals surface area contributed by atoms with E-state index in [0.29, 0.717) is 11.3 Å². The first-order valence-corrected chi connectivity index (χ1v) is 5.46. The van der Waals surface area contributed by atoms with Crippen molar-refractivity contribution in [2.75, 3.05) is 11.9 Å². The highest BCUT2D eigenvalue weighted by Gasteiger charge is 2.17. The van der Waals surface area contributed by atoms with Crippen LogP contribution >= 0.6 is 0 Å². The number of aromatic nitrogens is 1. The van der Waals surface area contributed by atoms with Crippen molar-refractivity contribution in [3.05, 3.63) is 58.4 Å². The molecular formula is C13H10N4O2. The van der Waals surface area contributed by atoms with Crippen molar-refractivity contribution < 1.29 is 4.92 Å². The van der Waals surface area contributed by atoms with E-state index in [1.807, 2.05) is 6.07 Å². The number of hydrogen-bond donors (Lipinski definition) is 0. The summed E-state index contributed by atoms with van der Waals surface area (Å²) in [5.74, 6) is 0. The van der Waals surface area contributed by atoms with Gasteiger partial charge in [-0.15, -0.1) is 0 Å². The van der Waals surface area contributed by atoms with E-state index in [1.54, 1.807) is 42.3 Å². The number of hydrogen-bond acceptors (Lipinski definition) is 5.